The minimum atomic E-state index is -0.277. The number of aliphatic hydroxyl groups is 1. The van der Waals surface area contributed by atoms with Crippen molar-refractivity contribution >= 4 is 12.0 Å². The number of carbonyl (C=O) groups excluding carboxylic acids is 1. The van der Waals surface area contributed by atoms with Crippen LogP contribution >= 0.6 is 0 Å². The highest BCUT2D eigenvalue weighted by atomic mass is 16.3. The van der Waals surface area contributed by atoms with Crippen LogP contribution in [0.15, 0.2) is 28.9 Å². The molecule has 1 aliphatic heterocycles. The molecule has 1 unspecified atom stereocenters. The molecule has 0 aliphatic carbocycles. The molecule has 1 saturated heterocycles. The van der Waals surface area contributed by atoms with Gasteiger partial charge in [0.2, 0.25) is 5.91 Å². The Hall–Kier alpha value is -1.55. The van der Waals surface area contributed by atoms with Crippen LogP contribution in [0.2, 0.25) is 0 Å². The van der Waals surface area contributed by atoms with Gasteiger partial charge in [0.05, 0.1) is 12.4 Å². The largest absolute Gasteiger partial charge is 0.465 e. The smallest absolute Gasteiger partial charge is 0.246 e. The van der Waals surface area contributed by atoms with Gasteiger partial charge in [0, 0.05) is 19.2 Å². The summed E-state index contributed by atoms with van der Waals surface area (Å²) in [5.74, 6) is 1.01. The Kier molecular flexibility index (Phi) is 4.20. The van der Waals surface area contributed by atoms with Crippen molar-refractivity contribution in [1.29, 1.82) is 0 Å². The topological polar surface area (TPSA) is 53.7 Å². The molecule has 2 rings (SSSR count). The highest BCUT2D eigenvalue weighted by molar-refractivity contribution is 5.91. The van der Waals surface area contributed by atoms with E-state index in [1.54, 1.807) is 24.5 Å². The van der Waals surface area contributed by atoms with Crippen LogP contribution < -0.4 is 0 Å². The van der Waals surface area contributed by atoms with Crippen molar-refractivity contribution in [3.8, 4) is 0 Å². The lowest BCUT2D eigenvalue weighted by molar-refractivity contribution is -0.127. The summed E-state index contributed by atoms with van der Waals surface area (Å²) in [4.78, 5) is 13.7. The second-order valence-corrected chi connectivity index (χ2v) is 4.75. The number of likely N-dealkylation sites (tertiary alicyclic amines) is 1. The van der Waals surface area contributed by atoms with Crippen molar-refractivity contribution in [3.63, 3.8) is 0 Å². The lowest BCUT2D eigenvalue weighted by Crippen LogP contribution is -2.39. The maximum absolute atomic E-state index is 11.9. The number of hydrogen-bond acceptors (Lipinski definition) is 3. The van der Waals surface area contributed by atoms with Gasteiger partial charge in [-0.3, -0.25) is 4.79 Å². The number of rotatable bonds is 3. The van der Waals surface area contributed by atoms with E-state index in [9.17, 15) is 9.90 Å². The van der Waals surface area contributed by atoms with Crippen molar-refractivity contribution in [2.75, 3.05) is 13.1 Å². The summed E-state index contributed by atoms with van der Waals surface area (Å²) in [7, 11) is 0. The number of aliphatic hydroxyl groups excluding tert-OH is 1. The summed E-state index contributed by atoms with van der Waals surface area (Å²) in [6, 6.07) is 3.60. The monoisotopic (exact) mass is 249 g/mol. The first-order valence-electron chi connectivity index (χ1n) is 6.35. The minimum absolute atomic E-state index is 0.00967. The van der Waals surface area contributed by atoms with Gasteiger partial charge in [0.15, 0.2) is 0 Å². The van der Waals surface area contributed by atoms with Gasteiger partial charge in [-0.25, -0.2) is 0 Å². The predicted molar refractivity (Wildman–Crippen MR) is 68.7 cm³/mol. The van der Waals surface area contributed by atoms with E-state index < -0.39 is 0 Å². The molecule has 1 aliphatic rings. The third kappa shape index (κ3) is 3.23. The lowest BCUT2D eigenvalue weighted by atomic mass is 9.92. The molecule has 0 radical (unpaired) electrons. The van der Waals surface area contributed by atoms with Crippen molar-refractivity contribution in [2.24, 2.45) is 5.92 Å². The summed E-state index contributed by atoms with van der Waals surface area (Å²) in [6.07, 6.45) is 6.28. The van der Waals surface area contributed by atoms with Crippen LogP contribution in [-0.2, 0) is 4.79 Å². The van der Waals surface area contributed by atoms with Gasteiger partial charge < -0.3 is 14.4 Å². The molecule has 0 saturated carbocycles. The van der Waals surface area contributed by atoms with Crippen molar-refractivity contribution in [3.05, 3.63) is 30.2 Å². The van der Waals surface area contributed by atoms with Gasteiger partial charge >= 0.3 is 0 Å². The van der Waals surface area contributed by atoms with Crippen LogP contribution in [0.3, 0.4) is 0 Å². The fraction of sp³-hybridized carbons (Fsp3) is 0.500. The number of carbonyl (C=O) groups is 1. The summed E-state index contributed by atoms with van der Waals surface area (Å²) in [6.45, 7) is 3.26. The number of hydrogen-bond donors (Lipinski definition) is 1. The molecule has 1 aromatic rings. The zero-order valence-corrected chi connectivity index (χ0v) is 10.6. The summed E-state index contributed by atoms with van der Waals surface area (Å²) in [5, 5.41) is 9.50. The summed E-state index contributed by atoms with van der Waals surface area (Å²) >= 11 is 0. The molecular weight excluding hydrogens is 230 g/mol. The highest BCUT2D eigenvalue weighted by Crippen LogP contribution is 2.20. The first-order chi connectivity index (χ1) is 8.66. The molecule has 98 valence electrons. The Morgan fingerprint density at radius 2 is 2.28 bits per heavy atom. The van der Waals surface area contributed by atoms with Crippen LogP contribution in [0.4, 0.5) is 0 Å². The molecule has 1 atom stereocenters. The molecule has 1 fully saturated rings. The second-order valence-electron chi connectivity index (χ2n) is 4.75. The molecule has 1 aromatic heterocycles. The lowest BCUT2D eigenvalue weighted by Gasteiger charge is -2.32. The van der Waals surface area contributed by atoms with E-state index in [0.717, 1.165) is 25.9 Å². The second kappa shape index (κ2) is 5.87. The maximum atomic E-state index is 11.9. The molecule has 1 amide bonds. The molecule has 0 spiro atoms. The first-order valence-corrected chi connectivity index (χ1v) is 6.35. The third-order valence-electron chi connectivity index (χ3n) is 3.47. The van der Waals surface area contributed by atoms with Gasteiger partial charge in [-0.1, -0.05) is 0 Å². The number of amides is 1. The Morgan fingerprint density at radius 3 is 2.83 bits per heavy atom. The zero-order chi connectivity index (χ0) is 13.0. The fourth-order valence-corrected chi connectivity index (χ4v) is 2.25. The first kappa shape index (κ1) is 12.9. The van der Waals surface area contributed by atoms with E-state index in [0.29, 0.717) is 11.7 Å². The van der Waals surface area contributed by atoms with E-state index in [-0.39, 0.29) is 12.0 Å². The average Bonchev–Trinajstić information content (AvgIpc) is 2.89. The standard InChI is InChI=1S/C14H19NO3/c1-11(16)12-6-8-15(9-7-12)14(17)5-4-13-3-2-10-18-13/h2-5,10-12,16H,6-9H2,1H3/b5-4+. The van der Waals surface area contributed by atoms with Crippen LogP contribution in [0.25, 0.3) is 6.08 Å². The van der Waals surface area contributed by atoms with Gasteiger partial charge in [0.25, 0.3) is 0 Å². The van der Waals surface area contributed by atoms with Gasteiger partial charge in [-0.05, 0) is 43.9 Å². The van der Waals surface area contributed by atoms with E-state index in [2.05, 4.69) is 0 Å². The minimum Gasteiger partial charge on any atom is -0.465 e. The highest BCUT2D eigenvalue weighted by Gasteiger charge is 2.24. The summed E-state index contributed by atoms with van der Waals surface area (Å²) < 4.78 is 5.13. The van der Waals surface area contributed by atoms with Crippen molar-refractivity contribution in [2.45, 2.75) is 25.9 Å². The average molecular weight is 249 g/mol. The van der Waals surface area contributed by atoms with E-state index >= 15 is 0 Å². The Morgan fingerprint density at radius 1 is 1.56 bits per heavy atom. The molecule has 0 bridgehead atoms. The van der Waals surface area contributed by atoms with E-state index in [1.807, 2.05) is 17.9 Å². The van der Waals surface area contributed by atoms with Crippen molar-refractivity contribution in [1.82, 2.24) is 4.90 Å². The Labute approximate surface area is 107 Å². The third-order valence-corrected chi connectivity index (χ3v) is 3.47. The predicted octanol–water partition coefficient (Wildman–Crippen LogP) is 1.91. The normalized spacial score (nSPS) is 19.3. The Balaban J connectivity index is 1.84. The quantitative estimate of drug-likeness (QED) is 0.833. The van der Waals surface area contributed by atoms with Crippen LogP contribution in [-0.4, -0.2) is 35.1 Å². The van der Waals surface area contributed by atoms with Gasteiger partial charge in [0.1, 0.15) is 5.76 Å². The van der Waals surface area contributed by atoms with Gasteiger partial charge in [-0.2, -0.15) is 0 Å². The number of nitrogens with zero attached hydrogens (tertiary/aromatic N) is 1. The molecule has 0 aromatic carbocycles. The fourth-order valence-electron chi connectivity index (χ4n) is 2.25. The van der Waals surface area contributed by atoms with Crippen molar-refractivity contribution < 1.29 is 14.3 Å². The van der Waals surface area contributed by atoms with Crippen LogP contribution in [0.5, 0.6) is 0 Å². The van der Waals surface area contributed by atoms with Gasteiger partial charge in [-0.15, -0.1) is 0 Å². The zero-order valence-electron chi connectivity index (χ0n) is 10.6. The molecule has 4 nitrogen and oxygen atoms in total. The van der Waals surface area contributed by atoms with E-state index in [4.69, 9.17) is 4.42 Å². The van der Waals surface area contributed by atoms with Crippen LogP contribution in [0, 0.1) is 5.92 Å². The summed E-state index contributed by atoms with van der Waals surface area (Å²) in [5.41, 5.74) is 0. The van der Waals surface area contributed by atoms with E-state index in [1.165, 1.54) is 0 Å². The maximum Gasteiger partial charge on any atom is 0.246 e. The molecule has 18 heavy (non-hydrogen) atoms. The molecule has 1 N–H and O–H groups in total. The molecule has 4 heteroatoms. The number of furan rings is 1. The Bertz CT molecular complexity index is 401. The number of piperidine rings is 1. The molecule has 2 heterocycles. The molecular formula is C14H19NO3. The SMILES string of the molecule is CC(O)C1CCN(C(=O)/C=C/c2ccco2)CC1. The van der Waals surface area contributed by atoms with Crippen LogP contribution in [0.1, 0.15) is 25.5 Å².